The zero-order chi connectivity index (χ0) is 36.2. The molecule has 5 nitrogen and oxygen atoms in total. The van der Waals surface area contributed by atoms with Gasteiger partial charge in [-0.2, -0.15) is 0 Å². The summed E-state index contributed by atoms with van der Waals surface area (Å²) in [6.45, 7) is 10.7. The molecule has 5 heteroatoms. The van der Waals surface area contributed by atoms with Crippen molar-refractivity contribution >= 4 is 11.9 Å². The molecule has 3 saturated carbocycles. The Morgan fingerprint density at radius 3 is 1.31 bits per heavy atom. The molecule has 0 aromatic heterocycles. The zero-order valence-electron chi connectivity index (χ0n) is 32.5. The number of hydrogen-bond acceptors (Lipinski definition) is 5. The molecule has 4 rings (SSSR count). The second-order valence-corrected chi connectivity index (χ2v) is 16.2. The minimum Gasteiger partial charge on any atom is -0.430 e. The molecule has 1 aromatic rings. The zero-order valence-corrected chi connectivity index (χ0v) is 32.5. The van der Waals surface area contributed by atoms with Crippen molar-refractivity contribution in [3.63, 3.8) is 0 Å². The van der Waals surface area contributed by atoms with E-state index in [1.165, 1.54) is 135 Å². The minimum atomic E-state index is -0.815. The predicted octanol–water partition coefficient (Wildman–Crippen LogP) is 13.1. The predicted molar refractivity (Wildman–Crippen MR) is 209 cm³/mol. The van der Waals surface area contributed by atoms with Gasteiger partial charge in [-0.05, 0) is 75.3 Å². The summed E-state index contributed by atoms with van der Waals surface area (Å²) in [4.78, 5) is 27.9. The maximum Gasteiger partial charge on any atom is 0.376 e. The number of carbonyl (C=O) groups excluding carboxylic acids is 2. The van der Waals surface area contributed by atoms with Crippen LogP contribution < -0.4 is 0 Å². The Morgan fingerprint density at radius 1 is 0.588 bits per heavy atom. The highest BCUT2D eigenvalue weighted by atomic mass is 16.7. The van der Waals surface area contributed by atoms with E-state index < -0.39 is 18.2 Å². The van der Waals surface area contributed by atoms with Gasteiger partial charge in [0.15, 0.2) is 0 Å². The maximum atomic E-state index is 14.6. The molecule has 51 heavy (non-hydrogen) atoms. The van der Waals surface area contributed by atoms with Crippen LogP contribution in [-0.4, -0.2) is 18.2 Å². The lowest BCUT2D eigenvalue weighted by Gasteiger charge is -2.53. The fraction of sp³-hybridized carbons (Fsp3) is 0.739. The Hall–Kier alpha value is -2.40. The molecule has 0 amide bonds. The molecule has 1 atom stereocenters. The van der Waals surface area contributed by atoms with Gasteiger partial charge >= 0.3 is 11.9 Å². The molecular weight excluding hydrogens is 633 g/mol. The van der Waals surface area contributed by atoms with Crippen molar-refractivity contribution in [2.45, 2.75) is 193 Å². The summed E-state index contributed by atoms with van der Waals surface area (Å²) in [5, 5.41) is 0. The summed E-state index contributed by atoms with van der Waals surface area (Å²) in [6, 6.07) is 9.77. The lowest BCUT2D eigenvalue weighted by molar-refractivity contribution is -0.177. The second-order valence-electron chi connectivity index (χ2n) is 16.2. The normalized spacial score (nSPS) is 21.4. The number of esters is 2. The first-order valence-corrected chi connectivity index (χ1v) is 21.4. The molecule has 0 N–H and O–H groups in total. The molecule has 0 saturated heterocycles. The highest BCUT2D eigenvalue weighted by molar-refractivity contribution is 5.95. The van der Waals surface area contributed by atoms with E-state index in [9.17, 15) is 9.59 Å². The lowest BCUT2D eigenvalue weighted by atomic mass is 9.50. The Morgan fingerprint density at radius 2 is 0.941 bits per heavy atom. The van der Waals surface area contributed by atoms with Crippen molar-refractivity contribution in [2.75, 3.05) is 0 Å². The van der Waals surface area contributed by atoms with Crippen molar-refractivity contribution in [1.29, 1.82) is 0 Å². The first-order valence-electron chi connectivity index (χ1n) is 21.4. The van der Waals surface area contributed by atoms with E-state index in [4.69, 9.17) is 20.8 Å². The summed E-state index contributed by atoms with van der Waals surface area (Å²) in [5.74, 6) is -0.345. The van der Waals surface area contributed by atoms with Crippen LogP contribution in [0.1, 0.15) is 186 Å². The highest BCUT2D eigenvalue weighted by Gasteiger charge is 2.53. The van der Waals surface area contributed by atoms with Gasteiger partial charge in [-0.15, -0.1) is 0 Å². The number of rotatable bonds is 11. The van der Waals surface area contributed by atoms with Gasteiger partial charge in [-0.1, -0.05) is 172 Å². The third-order valence-electron chi connectivity index (χ3n) is 12.7. The lowest BCUT2D eigenvalue weighted by Crippen LogP contribution is -2.48. The molecule has 3 aliphatic carbocycles. The van der Waals surface area contributed by atoms with Gasteiger partial charge in [0.2, 0.25) is 12.0 Å². The van der Waals surface area contributed by atoms with Gasteiger partial charge in [0.05, 0.1) is 6.61 Å². The first kappa shape index (κ1) is 41.4. The third kappa shape index (κ3) is 13.2. The fourth-order valence-electron chi connectivity index (χ4n) is 10.0. The second kappa shape index (κ2) is 23.3. The maximum absolute atomic E-state index is 14.6. The van der Waals surface area contributed by atoms with Crippen LogP contribution in [-0.2, 0) is 30.4 Å². The smallest absolute Gasteiger partial charge is 0.376 e. The Kier molecular flexibility index (Phi) is 18.9. The molecule has 0 spiro atoms. The molecule has 3 fully saturated rings. The summed E-state index contributed by atoms with van der Waals surface area (Å²) in [5.41, 5.74) is 1.27. The van der Waals surface area contributed by atoms with E-state index in [1.807, 2.05) is 30.3 Å². The van der Waals surface area contributed by atoms with Crippen molar-refractivity contribution < 1.29 is 23.8 Å². The number of hydrogen-bond donors (Lipinski definition) is 0. The van der Waals surface area contributed by atoms with Crippen molar-refractivity contribution in [3.05, 3.63) is 60.4 Å². The Bertz CT molecular complexity index is 1080. The third-order valence-corrected chi connectivity index (χ3v) is 12.7. The molecule has 3 aliphatic rings. The van der Waals surface area contributed by atoms with Gasteiger partial charge in [0, 0.05) is 11.0 Å². The summed E-state index contributed by atoms with van der Waals surface area (Å²) >= 11 is 0. The van der Waals surface area contributed by atoms with Crippen LogP contribution in [0.25, 0.3) is 0 Å². The fourth-order valence-corrected chi connectivity index (χ4v) is 10.0. The largest absolute Gasteiger partial charge is 0.430 e. The van der Waals surface area contributed by atoms with Crippen LogP contribution in [0.3, 0.4) is 0 Å². The van der Waals surface area contributed by atoms with Crippen LogP contribution >= 0.6 is 0 Å². The standard InChI is InChI=1S/C46H72O5/c1-37(44(47)50-38(2)45(48)51-39(3)49-36-40-28-20-19-21-29-40)46(41-30-22-13-7-4-8-14-23-31-41,42-32-24-15-9-5-10-16-25-33-42)43-34-26-17-11-6-12-18-27-35-43/h19-21,28-29,39,41-43H,1-2,4-18,22-27,30-36H2,3H3. The highest BCUT2D eigenvalue weighted by Crippen LogP contribution is 2.58. The van der Waals surface area contributed by atoms with E-state index in [0.717, 1.165) is 44.1 Å². The van der Waals surface area contributed by atoms with Crippen molar-refractivity contribution in [1.82, 2.24) is 0 Å². The van der Waals surface area contributed by atoms with Gasteiger partial charge in [-0.25, -0.2) is 9.59 Å². The van der Waals surface area contributed by atoms with Crippen LogP contribution in [0.2, 0.25) is 0 Å². The number of ether oxygens (including phenoxy) is 3. The van der Waals surface area contributed by atoms with E-state index in [0.29, 0.717) is 29.9 Å². The molecular formula is C46H72O5. The van der Waals surface area contributed by atoms with Gasteiger partial charge in [0.1, 0.15) is 0 Å². The minimum absolute atomic E-state index is 0.284. The molecule has 0 heterocycles. The SMILES string of the molecule is C=C(OC(=O)C(=C)C(C1CCCCCCCCC1)(C1CCCCCCCCC1)C1CCCCCCCCC1)C(=O)OC(C)OCc1ccccc1. The quantitative estimate of drug-likeness (QED) is 0.0993. The molecule has 0 aliphatic heterocycles. The van der Waals surface area contributed by atoms with E-state index in [-0.39, 0.29) is 11.2 Å². The van der Waals surface area contributed by atoms with Crippen LogP contribution in [0.15, 0.2) is 54.8 Å². The Labute approximate surface area is 311 Å². The summed E-state index contributed by atoms with van der Waals surface area (Å²) < 4.78 is 17.3. The molecule has 286 valence electrons. The topological polar surface area (TPSA) is 61.8 Å². The average molecular weight is 705 g/mol. The van der Waals surface area contributed by atoms with E-state index in [2.05, 4.69) is 6.58 Å². The Balaban J connectivity index is 1.65. The summed E-state index contributed by atoms with van der Waals surface area (Å²) in [7, 11) is 0. The molecule has 0 bridgehead atoms. The van der Waals surface area contributed by atoms with E-state index in [1.54, 1.807) is 6.92 Å². The molecule has 1 aromatic carbocycles. The van der Waals surface area contributed by atoms with E-state index >= 15 is 0 Å². The first-order chi connectivity index (χ1) is 24.9. The number of benzene rings is 1. The number of carbonyl (C=O) groups is 2. The molecule has 1 unspecified atom stereocenters. The average Bonchev–Trinajstić information content (AvgIpc) is 3.15. The van der Waals surface area contributed by atoms with Gasteiger partial charge in [-0.3, -0.25) is 0 Å². The monoisotopic (exact) mass is 705 g/mol. The van der Waals surface area contributed by atoms with Gasteiger partial charge < -0.3 is 14.2 Å². The van der Waals surface area contributed by atoms with Crippen LogP contribution in [0, 0.1) is 23.2 Å². The van der Waals surface area contributed by atoms with Gasteiger partial charge in [0.25, 0.3) is 0 Å². The summed E-state index contributed by atoms with van der Waals surface area (Å²) in [6.07, 6.45) is 32.9. The van der Waals surface area contributed by atoms with Crippen molar-refractivity contribution in [2.24, 2.45) is 23.2 Å². The van der Waals surface area contributed by atoms with Crippen LogP contribution in [0.4, 0.5) is 0 Å². The molecule has 0 radical (unpaired) electrons. The van der Waals surface area contributed by atoms with Crippen LogP contribution in [0.5, 0.6) is 0 Å². The van der Waals surface area contributed by atoms with Crippen molar-refractivity contribution in [3.8, 4) is 0 Å².